The topological polar surface area (TPSA) is 95.3 Å². The van der Waals surface area contributed by atoms with Crippen LogP contribution in [0.25, 0.3) is 6.08 Å². The second kappa shape index (κ2) is 12.5. The van der Waals surface area contributed by atoms with Crippen LogP contribution >= 0.6 is 11.8 Å². The van der Waals surface area contributed by atoms with Crippen LogP contribution in [0.1, 0.15) is 45.5 Å². The molecule has 8 nitrogen and oxygen atoms in total. The van der Waals surface area contributed by atoms with Crippen molar-refractivity contribution in [2.75, 3.05) is 13.7 Å². The molecule has 1 aliphatic rings. The van der Waals surface area contributed by atoms with Crippen LogP contribution in [-0.2, 0) is 29.1 Å². The molecule has 0 unspecified atom stereocenters. The molecule has 1 aliphatic heterocycles. The molecule has 4 rings (SSSR count). The SMILES string of the molecule is C=CCc1cc(/C=C2/SC(=O)N(Cc3ccc(C(=O)OC)o3)C2=O)cc(OCC)c1OCc1ccc(C)cc1. The zero-order chi connectivity index (χ0) is 27.9. The van der Waals surface area contributed by atoms with Gasteiger partial charge in [0.2, 0.25) is 5.76 Å². The molecule has 0 radical (unpaired) electrons. The Kier molecular flexibility index (Phi) is 8.93. The van der Waals surface area contributed by atoms with Gasteiger partial charge in [0.1, 0.15) is 12.4 Å². The Morgan fingerprint density at radius 2 is 1.87 bits per heavy atom. The quantitative estimate of drug-likeness (QED) is 0.156. The number of benzene rings is 2. The van der Waals surface area contributed by atoms with E-state index in [-0.39, 0.29) is 17.2 Å². The number of nitrogens with zero attached hydrogens (tertiary/aromatic N) is 1. The Bertz CT molecular complexity index is 1420. The number of thioether (sulfide) groups is 1. The lowest BCUT2D eigenvalue weighted by Crippen LogP contribution is -2.27. The van der Waals surface area contributed by atoms with E-state index in [1.54, 1.807) is 18.2 Å². The number of hydrogen-bond acceptors (Lipinski definition) is 8. The Balaban J connectivity index is 1.58. The van der Waals surface area contributed by atoms with Gasteiger partial charge in [-0.1, -0.05) is 35.9 Å². The van der Waals surface area contributed by atoms with Crippen LogP contribution in [0.5, 0.6) is 11.5 Å². The standard InChI is InChI=1S/C30H29NO7S/c1-5-7-22-14-21(15-25(36-6-2)27(22)37-18-20-10-8-19(3)9-11-20)16-26-28(32)31(30(34)39-26)17-23-12-13-24(38-23)29(33)35-4/h5,8-16H,1,6-7,17-18H2,2-4H3/b26-16+. The second-order valence-electron chi connectivity index (χ2n) is 8.73. The van der Waals surface area contributed by atoms with Crippen LogP contribution in [0.3, 0.4) is 0 Å². The lowest BCUT2D eigenvalue weighted by atomic mass is 10.0. The summed E-state index contributed by atoms with van der Waals surface area (Å²) in [7, 11) is 1.24. The third-order valence-electron chi connectivity index (χ3n) is 5.86. The van der Waals surface area contributed by atoms with Crippen molar-refractivity contribution in [3.05, 3.63) is 99.9 Å². The summed E-state index contributed by atoms with van der Waals surface area (Å²) in [6.07, 6.45) is 3.95. The van der Waals surface area contributed by atoms with Gasteiger partial charge in [0.05, 0.1) is 25.2 Å². The molecular weight excluding hydrogens is 518 g/mol. The van der Waals surface area contributed by atoms with Crippen molar-refractivity contribution in [2.45, 2.75) is 33.4 Å². The summed E-state index contributed by atoms with van der Waals surface area (Å²) < 4.78 is 22.2. The van der Waals surface area contributed by atoms with Crippen molar-refractivity contribution in [1.29, 1.82) is 0 Å². The van der Waals surface area contributed by atoms with Gasteiger partial charge >= 0.3 is 5.97 Å². The first-order valence-electron chi connectivity index (χ1n) is 12.3. The van der Waals surface area contributed by atoms with Crippen molar-refractivity contribution in [3.63, 3.8) is 0 Å². The minimum atomic E-state index is -0.637. The molecule has 0 saturated carbocycles. The number of ether oxygens (including phenoxy) is 3. The third kappa shape index (κ3) is 6.61. The maximum atomic E-state index is 13.1. The first-order valence-corrected chi connectivity index (χ1v) is 13.2. The molecule has 2 heterocycles. The number of hydrogen-bond donors (Lipinski definition) is 0. The lowest BCUT2D eigenvalue weighted by molar-refractivity contribution is -0.123. The fourth-order valence-electron chi connectivity index (χ4n) is 3.96. The minimum absolute atomic E-state index is 0.00194. The summed E-state index contributed by atoms with van der Waals surface area (Å²) in [4.78, 5) is 38.7. The average molecular weight is 548 g/mol. The maximum absolute atomic E-state index is 13.1. The first-order chi connectivity index (χ1) is 18.8. The summed E-state index contributed by atoms with van der Waals surface area (Å²) in [5.41, 5.74) is 3.74. The van der Waals surface area contributed by atoms with E-state index in [9.17, 15) is 14.4 Å². The Hall–Kier alpha value is -4.24. The molecule has 9 heteroatoms. The Morgan fingerprint density at radius 1 is 1.10 bits per heavy atom. The number of furan rings is 1. The average Bonchev–Trinajstić information content (AvgIpc) is 3.49. The first kappa shape index (κ1) is 27.8. The number of amides is 2. The predicted octanol–water partition coefficient (Wildman–Crippen LogP) is 6.32. The molecule has 1 aromatic heterocycles. The summed E-state index contributed by atoms with van der Waals surface area (Å²) >= 11 is 0.838. The van der Waals surface area contributed by atoms with Crippen molar-refractivity contribution in [3.8, 4) is 11.5 Å². The second-order valence-corrected chi connectivity index (χ2v) is 9.73. The molecule has 0 spiro atoms. The van der Waals surface area contributed by atoms with E-state index in [4.69, 9.17) is 13.9 Å². The fraction of sp³-hybridized carbons (Fsp3) is 0.233. The highest BCUT2D eigenvalue weighted by molar-refractivity contribution is 8.18. The number of esters is 1. The monoisotopic (exact) mass is 547 g/mol. The maximum Gasteiger partial charge on any atom is 0.373 e. The number of imide groups is 1. The molecule has 1 saturated heterocycles. The van der Waals surface area contributed by atoms with Gasteiger partial charge in [0.25, 0.3) is 11.1 Å². The van der Waals surface area contributed by atoms with Crippen LogP contribution in [0.2, 0.25) is 0 Å². The highest BCUT2D eigenvalue weighted by Crippen LogP contribution is 2.38. The molecule has 0 N–H and O–H groups in total. The Morgan fingerprint density at radius 3 is 2.56 bits per heavy atom. The van der Waals surface area contributed by atoms with Gasteiger partial charge in [-0.2, -0.15) is 0 Å². The zero-order valence-electron chi connectivity index (χ0n) is 22.0. The van der Waals surface area contributed by atoms with E-state index in [2.05, 4.69) is 11.3 Å². The number of allylic oxidation sites excluding steroid dienone is 1. The highest BCUT2D eigenvalue weighted by atomic mass is 32.2. The van der Waals surface area contributed by atoms with Gasteiger partial charge < -0.3 is 18.6 Å². The summed E-state index contributed by atoms with van der Waals surface area (Å²) in [6.45, 7) is 8.47. The molecule has 0 aliphatic carbocycles. The van der Waals surface area contributed by atoms with Crippen LogP contribution in [0, 0.1) is 6.92 Å². The van der Waals surface area contributed by atoms with Gasteiger partial charge in [-0.05, 0) is 73.5 Å². The summed E-state index contributed by atoms with van der Waals surface area (Å²) in [6, 6.07) is 14.8. The van der Waals surface area contributed by atoms with E-state index in [0.29, 0.717) is 42.5 Å². The number of carbonyl (C=O) groups is 3. The molecule has 2 aromatic carbocycles. The molecule has 1 fully saturated rings. The van der Waals surface area contributed by atoms with Crippen molar-refractivity contribution in [2.24, 2.45) is 0 Å². The molecule has 0 atom stereocenters. The van der Waals surface area contributed by atoms with Crippen molar-refractivity contribution < 1.29 is 33.0 Å². The Labute approximate surface area is 231 Å². The predicted molar refractivity (Wildman–Crippen MR) is 149 cm³/mol. The molecule has 202 valence electrons. The number of aryl methyl sites for hydroxylation is 1. The van der Waals surface area contributed by atoms with Crippen LogP contribution in [0.4, 0.5) is 4.79 Å². The zero-order valence-corrected chi connectivity index (χ0v) is 22.8. The van der Waals surface area contributed by atoms with Crippen LogP contribution < -0.4 is 9.47 Å². The van der Waals surface area contributed by atoms with Gasteiger partial charge in [-0.3, -0.25) is 14.5 Å². The minimum Gasteiger partial charge on any atom is -0.490 e. The van der Waals surface area contributed by atoms with E-state index >= 15 is 0 Å². The van der Waals surface area contributed by atoms with Crippen LogP contribution in [0.15, 0.2) is 70.5 Å². The van der Waals surface area contributed by atoms with Crippen LogP contribution in [-0.4, -0.2) is 35.7 Å². The summed E-state index contributed by atoms with van der Waals surface area (Å²) in [5.74, 6) is 0.354. The van der Waals surface area contributed by atoms with E-state index in [1.807, 2.05) is 44.2 Å². The van der Waals surface area contributed by atoms with Crippen molar-refractivity contribution >= 4 is 35.0 Å². The summed E-state index contributed by atoms with van der Waals surface area (Å²) in [5, 5.41) is -0.434. The van der Waals surface area contributed by atoms with Gasteiger partial charge in [0.15, 0.2) is 11.5 Å². The molecule has 2 amide bonds. The van der Waals surface area contributed by atoms with Gasteiger partial charge in [-0.25, -0.2) is 4.79 Å². The normalized spacial score (nSPS) is 14.1. The van der Waals surface area contributed by atoms with Crippen molar-refractivity contribution in [1.82, 2.24) is 4.90 Å². The molecule has 0 bridgehead atoms. The molecule has 3 aromatic rings. The smallest absolute Gasteiger partial charge is 0.373 e. The van der Waals surface area contributed by atoms with Gasteiger partial charge in [-0.15, -0.1) is 6.58 Å². The van der Waals surface area contributed by atoms with Gasteiger partial charge in [0, 0.05) is 5.56 Å². The third-order valence-corrected chi connectivity index (χ3v) is 6.76. The number of carbonyl (C=O) groups excluding carboxylic acids is 3. The van der Waals surface area contributed by atoms with E-state index < -0.39 is 17.1 Å². The largest absolute Gasteiger partial charge is 0.490 e. The number of rotatable bonds is 11. The highest BCUT2D eigenvalue weighted by Gasteiger charge is 2.36. The number of methoxy groups -OCH3 is 1. The lowest BCUT2D eigenvalue weighted by Gasteiger charge is -2.17. The molecule has 39 heavy (non-hydrogen) atoms. The van der Waals surface area contributed by atoms with E-state index in [0.717, 1.165) is 27.8 Å². The van der Waals surface area contributed by atoms with E-state index in [1.165, 1.54) is 24.8 Å². The fourth-order valence-corrected chi connectivity index (χ4v) is 4.80. The molecular formula is C30H29NO7S.